The molecule has 3 N–H and O–H groups in total. The molecule has 0 radical (unpaired) electrons. The van der Waals surface area contributed by atoms with Crippen molar-refractivity contribution in [2.75, 3.05) is 19.6 Å². The average molecular weight is 360 g/mol. The van der Waals surface area contributed by atoms with E-state index in [9.17, 15) is 9.59 Å². The molecule has 1 saturated heterocycles. The molecule has 0 bridgehead atoms. The monoisotopic (exact) mass is 359 g/mol. The topological polar surface area (TPSA) is 75.4 Å². The molecular weight excluding hydrogens is 326 g/mol. The van der Waals surface area contributed by atoms with E-state index in [2.05, 4.69) is 17.4 Å². The van der Waals surface area contributed by atoms with Crippen LogP contribution in [0.15, 0.2) is 30.3 Å². The average Bonchev–Trinajstić information content (AvgIpc) is 3.03. The fourth-order valence-electron chi connectivity index (χ4n) is 3.68. The molecular formula is C21H33N3O2. The Morgan fingerprint density at radius 3 is 2.35 bits per heavy atom. The first-order valence-corrected chi connectivity index (χ1v) is 9.66. The molecule has 26 heavy (non-hydrogen) atoms. The van der Waals surface area contributed by atoms with Gasteiger partial charge in [-0.05, 0) is 29.9 Å². The first-order chi connectivity index (χ1) is 12.3. The van der Waals surface area contributed by atoms with Gasteiger partial charge in [0.05, 0.1) is 0 Å². The number of carbonyl (C=O) groups excluding carboxylic acids is 2. The lowest BCUT2D eigenvalue weighted by atomic mass is 9.89. The summed E-state index contributed by atoms with van der Waals surface area (Å²) >= 11 is 0. The van der Waals surface area contributed by atoms with Gasteiger partial charge in [-0.15, -0.1) is 0 Å². The van der Waals surface area contributed by atoms with Crippen LogP contribution in [0.5, 0.6) is 0 Å². The lowest BCUT2D eigenvalue weighted by Gasteiger charge is -2.27. The molecule has 0 saturated carbocycles. The highest BCUT2D eigenvalue weighted by Crippen LogP contribution is 2.32. The van der Waals surface area contributed by atoms with Crippen molar-refractivity contribution in [3.63, 3.8) is 0 Å². The minimum Gasteiger partial charge on any atom is -0.344 e. The predicted octanol–water partition coefficient (Wildman–Crippen LogP) is 2.37. The van der Waals surface area contributed by atoms with Crippen LogP contribution in [0.25, 0.3) is 0 Å². The number of nitrogens with one attached hydrogen (secondary N) is 1. The van der Waals surface area contributed by atoms with Crippen molar-refractivity contribution in [3.8, 4) is 0 Å². The standard InChI is InChI=1S/C21H33N3O2/c1-14(2)10-19(25)23-20(15(3)4)21(26)24-12-17(11-22)18(13-24)16-8-6-5-7-9-16/h5-9,14-15,17-18,20H,10-13,22H2,1-4H3,(H,23,25)/t17-,18+,20?/m1/s1. The quantitative estimate of drug-likeness (QED) is 0.785. The van der Waals surface area contributed by atoms with Gasteiger partial charge in [-0.1, -0.05) is 58.0 Å². The van der Waals surface area contributed by atoms with Gasteiger partial charge in [0, 0.05) is 25.4 Å². The zero-order chi connectivity index (χ0) is 19.3. The van der Waals surface area contributed by atoms with E-state index in [1.54, 1.807) is 0 Å². The molecule has 144 valence electrons. The van der Waals surface area contributed by atoms with Crippen LogP contribution in [0.1, 0.15) is 45.6 Å². The van der Waals surface area contributed by atoms with Crippen molar-refractivity contribution in [2.24, 2.45) is 23.5 Å². The van der Waals surface area contributed by atoms with Crippen molar-refractivity contribution in [1.82, 2.24) is 10.2 Å². The Morgan fingerprint density at radius 1 is 1.15 bits per heavy atom. The van der Waals surface area contributed by atoms with Crippen LogP contribution in [0, 0.1) is 17.8 Å². The maximum Gasteiger partial charge on any atom is 0.245 e. The van der Waals surface area contributed by atoms with Crippen molar-refractivity contribution in [1.29, 1.82) is 0 Å². The van der Waals surface area contributed by atoms with Crippen LogP contribution in [0.3, 0.4) is 0 Å². The van der Waals surface area contributed by atoms with E-state index in [4.69, 9.17) is 5.73 Å². The van der Waals surface area contributed by atoms with E-state index >= 15 is 0 Å². The first-order valence-electron chi connectivity index (χ1n) is 9.66. The molecule has 5 heteroatoms. The number of nitrogens with two attached hydrogens (primary N) is 1. The van der Waals surface area contributed by atoms with Crippen molar-refractivity contribution in [3.05, 3.63) is 35.9 Å². The van der Waals surface area contributed by atoms with Crippen LogP contribution in [-0.4, -0.2) is 42.4 Å². The Kier molecular flexibility index (Phi) is 7.21. The zero-order valence-electron chi connectivity index (χ0n) is 16.4. The number of hydrogen-bond donors (Lipinski definition) is 2. The summed E-state index contributed by atoms with van der Waals surface area (Å²) in [4.78, 5) is 27.2. The van der Waals surface area contributed by atoms with E-state index < -0.39 is 6.04 Å². The van der Waals surface area contributed by atoms with Crippen LogP contribution < -0.4 is 11.1 Å². The number of likely N-dealkylation sites (tertiary alicyclic amines) is 1. The summed E-state index contributed by atoms with van der Waals surface area (Å²) in [5.74, 6) is 0.777. The SMILES string of the molecule is CC(C)CC(=O)NC(C(=O)N1C[C@@H](CN)[C@H](c2ccccc2)C1)C(C)C. The Bertz CT molecular complexity index is 601. The highest BCUT2D eigenvalue weighted by molar-refractivity contribution is 5.88. The molecule has 0 spiro atoms. The van der Waals surface area contributed by atoms with Gasteiger partial charge in [-0.3, -0.25) is 9.59 Å². The van der Waals surface area contributed by atoms with E-state index in [0.29, 0.717) is 26.1 Å². The number of benzene rings is 1. The molecule has 5 nitrogen and oxygen atoms in total. The molecule has 1 fully saturated rings. The van der Waals surface area contributed by atoms with Crippen LogP contribution >= 0.6 is 0 Å². The molecule has 2 rings (SSSR count). The summed E-state index contributed by atoms with van der Waals surface area (Å²) < 4.78 is 0. The zero-order valence-corrected chi connectivity index (χ0v) is 16.4. The molecule has 0 aromatic heterocycles. The van der Waals surface area contributed by atoms with Gasteiger partial charge in [-0.25, -0.2) is 0 Å². The van der Waals surface area contributed by atoms with Crippen molar-refractivity contribution < 1.29 is 9.59 Å². The molecule has 1 aliphatic heterocycles. The largest absolute Gasteiger partial charge is 0.344 e. The number of rotatable bonds is 7. The van der Waals surface area contributed by atoms with E-state index in [0.717, 1.165) is 0 Å². The van der Waals surface area contributed by atoms with Gasteiger partial charge in [0.2, 0.25) is 11.8 Å². The van der Waals surface area contributed by atoms with Crippen LogP contribution in [0.4, 0.5) is 0 Å². The third-order valence-electron chi connectivity index (χ3n) is 5.13. The maximum absolute atomic E-state index is 13.1. The second kappa shape index (κ2) is 9.17. The lowest BCUT2D eigenvalue weighted by molar-refractivity contribution is -0.137. The van der Waals surface area contributed by atoms with Gasteiger partial charge >= 0.3 is 0 Å². The van der Waals surface area contributed by atoms with Gasteiger partial charge in [0.15, 0.2) is 0 Å². The summed E-state index contributed by atoms with van der Waals surface area (Å²) in [5.41, 5.74) is 7.21. The van der Waals surface area contributed by atoms with E-state index in [1.807, 2.05) is 50.8 Å². The third kappa shape index (κ3) is 5.07. The van der Waals surface area contributed by atoms with Crippen molar-refractivity contribution >= 4 is 11.8 Å². The first kappa shape index (κ1) is 20.4. The molecule has 1 aliphatic rings. The lowest BCUT2D eigenvalue weighted by Crippen LogP contribution is -2.51. The predicted molar refractivity (Wildman–Crippen MR) is 105 cm³/mol. The molecule has 2 amide bonds. The summed E-state index contributed by atoms with van der Waals surface area (Å²) in [6.07, 6.45) is 0.439. The molecule has 1 heterocycles. The number of amides is 2. The van der Waals surface area contributed by atoms with Gasteiger partial charge in [0.25, 0.3) is 0 Å². The van der Waals surface area contributed by atoms with Gasteiger partial charge in [-0.2, -0.15) is 0 Å². The highest BCUT2D eigenvalue weighted by atomic mass is 16.2. The second-order valence-corrected chi connectivity index (χ2v) is 8.14. The molecule has 1 aromatic rings. The molecule has 3 atom stereocenters. The number of carbonyl (C=O) groups is 2. The Balaban J connectivity index is 2.10. The van der Waals surface area contributed by atoms with Crippen LogP contribution in [0.2, 0.25) is 0 Å². The highest BCUT2D eigenvalue weighted by Gasteiger charge is 2.38. The Labute approximate surface area is 157 Å². The van der Waals surface area contributed by atoms with Crippen LogP contribution in [-0.2, 0) is 9.59 Å². The Morgan fingerprint density at radius 2 is 1.81 bits per heavy atom. The van der Waals surface area contributed by atoms with Gasteiger partial charge < -0.3 is 16.0 Å². The minimum absolute atomic E-state index is 0.00832. The van der Waals surface area contributed by atoms with Gasteiger partial charge in [0.1, 0.15) is 6.04 Å². The molecule has 0 aliphatic carbocycles. The summed E-state index contributed by atoms with van der Waals surface area (Å²) in [6, 6.07) is 9.77. The molecule has 1 aromatic carbocycles. The normalized spacial score (nSPS) is 21.3. The fraction of sp³-hybridized carbons (Fsp3) is 0.619. The molecule has 1 unspecified atom stereocenters. The minimum atomic E-state index is -0.478. The Hall–Kier alpha value is -1.88. The fourth-order valence-corrected chi connectivity index (χ4v) is 3.68. The number of nitrogens with zero attached hydrogens (tertiary/aromatic N) is 1. The number of hydrogen-bond acceptors (Lipinski definition) is 3. The van der Waals surface area contributed by atoms with E-state index in [1.165, 1.54) is 5.56 Å². The maximum atomic E-state index is 13.1. The second-order valence-electron chi connectivity index (χ2n) is 8.14. The summed E-state index contributed by atoms with van der Waals surface area (Å²) in [6.45, 7) is 9.82. The summed E-state index contributed by atoms with van der Waals surface area (Å²) in [7, 11) is 0. The smallest absolute Gasteiger partial charge is 0.245 e. The third-order valence-corrected chi connectivity index (χ3v) is 5.13. The van der Waals surface area contributed by atoms with Crippen molar-refractivity contribution in [2.45, 2.75) is 46.1 Å². The van der Waals surface area contributed by atoms with E-state index in [-0.39, 0.29) is 35.5 Å². The summed E-state index contributed by atoms with van der Waals surface area (Å²) in [5, 5.41) is 2.95.